The molecule has 15 heavy (non-hydrogen) atoms. The monoisotopic (exact) mass is 215 g/mol. The number of hydrogen-bond acceptors (Lipinski definition) is 5. The highest BCUT2D eigenvalue weighted by Gasteiger charge is 2.21. The Balaban J connectivity index is 3.24. The number of nitriles is 1. The van der Waals surface area contributed by atoms with E-state index in [0.717, 1.165) is 12.3 Å². The predicted molar refractivity (Wildman–Crippen MR) is 42.2 cm³/mol. The van der Waals surface area contributed by atoms with Crippen LogP contribution < -0.4 is 4.74 Å². The van der Waals surface area contributed by atoms with E-state index in [1.54, 1.807) is 0 Å². The summed E-state index contributed by atoms with van der Waals surface area (Å²) in [7, 11) is 0. The maximum absolute atomic E-state index is 11.8. The van der Waals surface area contributed by atoms with E-state index in [1.165, 1.54) is 6.07 Å². The van der Waals surface area contributed by atoms with Crippen LogP contribution >= 0.6 is 0 Å². The Bertz CT molecular complexity index is 430. The van der Waals surface area contributed by atoms with Crippen LogP contribution in [0.5, 0.6) is 5.75 Å². The molecule has 0 radical (unpaired) electrons. The molecule has 0 atom stereocenters. The van der Waals surface area contributed by atoms with Crippen molar-refractivity contribution in [3.05, 3.63) is 27.9 Å². The SMILES string of the molecule is N#Cc1c(OC(F)F)ccnc1[N+](=O)[O-]. The minimum Gasteiger partial charge on any atom is -0.433 e. The number of hydrogen-bond donors (Lipinski definition) is 0. The normalized spacial score (nSPS) is 9.73. The zero-order chi connectivity index (χ0) is 11.4. The Morgan fingerprint density at radius 2 is 2.33 bits per heavy atom. The van der Waals surface area contributed by atoms with Gasteiger partial charge in [0.2, 0.25) is 0 Å². The number of pyridine rings is 1. The van der Waals surface area contributed by atoms with Gasteiger partial charge in [-0.05, 0) is 9.91 Å². The number of halogens is 2. The minimum absolute atomic E-state index is 0.561. The van der Waals surface area contributed by atoms with Crippen LogP contribution in [-0.4, -0.2) is 16.5 Å². The molecule has 8 heteroatoms. The predicted octanol–water partition coefficient (Wildman–Crippen LogP) is 1.46. The number of alkyl halides is 2. The van der Waals surface area contributed by atoms with Gasteiger partial charge in [0, 0.05) is 6.07 Å². The second kappa shape index (κ2) is 4.28. The van der Waals surface area contributed by atoms with Crippen molar-refractivity contribution in [1.82, 2.24) is 4.98 Å². The summed E-state index contributed by atoms with van der Waals surface area (Å²) in [4.78, 5) is 12.7. The van der Waals surface area contributed by atoms with Crippen molar-refractivity contribution in [3.63, 3.8) is 0 Å². The second-order valence-electron chi connectivity index (χ2n) is 2.26. The summed E-state index contributed by atoms with van der Waals surface area (Å²) < 4.78 is 27.6. The number of ether oxygens (including phenoxy) is 1. The van der Waals surface area contributed by atoms with Crippen LogP contribution in [-0.2, 0) is 0 Å². The molecule has 0 amide bonds. The summed E-state index contributed by atoms with van der Waals surface area (Å²) in [5.41, 5.74) is -0.622. The van der Waals surface area contributed by atoms with Crippen molar-refractivity contribution in [1.29, 1.82) is 5.26 Å². The fourth-order valence-electron chi connectivity index (χ4n) is 0.871. The first-order valence-corrected chi connectivity index (χ1v) is 3.54. The number of aromatic nitrogens is 1. The molecule has 0 bridgehead atoms. The molecule has 78 valence electrons. The van der Waals surface area contributed by atoms with Crippen molar-refractivity contribution >= 4 is 5.82 Å². The van der Waals surface area contributed by atoms with Crippen molar-refractivity contribution in [2.75, 3.05) is 0 Å². The standard InChI is InChI=1S/C7H3F2N3O3/c8-7(9)15-5-1-2-11-6(12(13)14)4(5)3-10/h1-2,7H. The molecule has 0 N–H and O–H groups in total. The van der Waals surface area contributed by atoms with Crippen LogP contribution in [0.15, 0.2) is 12.3 Å². The molecule has 1 aromatic rings. The van der Waals surface area contributed by atoms with E-state index < -0.39 is 28.7 Å². The first-order valence-electron chi connectivity index (χ1n) is 3.54. The third-order valence-electron chi connectivity index (χ3n) is 1.39. The van der Waals surface area contributed by atoms with Gasteiger partial charge in [-0.3, -0.25) is 0 Å². The Kier molecular flexibility index (Phi) is 3.07. The molecule has 0 unspecified atom stereocenters. The van der Waals surface area contributed by atoms with Gasteiger partial charge in [-0.15, -0.1) is 0 Å². The molecule has 1 rings (SSSR count). The first kappa shape index (κ1) is 10.8. The molecule has 6 nitrogen and oxygen atoms in total. The third-order valence-corrected chi connectivity index (χ3v) is 1.39. The van der Waals surface area contributed by atoms with Gasteiger partial charge in [0.05, 0.1) is 0 Å². The van der Waals surface area contributed by atoms with Gasteiger partial charge in [-0.1, -0.05) is 0 Å². The zero-order valence-electron chi connectivity index (χ0n) is 7.05. The average molecular weight is 215 g/mol. The Hall–Kier alpha value is -2.30. The fraction of sp³-hybridized carbons (Fsp3) is 0.143. The van der Waals surface area contributed by atoms with E-state index in [0.29, 0.717) is 0 Å². The van der Waals surface area contributed by atoms with Gasteiger partial charge < -0.3 is 14.9 Å². The van der Waals surface area contributed by atoms with Crippen LogP contribution in [0.2, 0.25) is 0 Å². The third kappa shape index (κ3) is 2.34. The van der Waals surface area contributed by atoms with Crippen LogP contribution in [0.1, 0.15) is 5.56 Å². The topological polar surface area (TPSA) is 89.0 Å². The maximum atomic E-state index is 11.8. The quantitative estimate of drug-likeness (QED) is 0.562. The molecular weight excluding hydrogens is 212 g/mol. The molecule has 1 heterocycles. The number of nitrogens with zero attached hydrogens (tertiary/aromatic N) is 3. The van der Waals surface area contributed by atoms with Crippen LogP contribution in [0.25, 0.3) is 0 Å². The highest BCUT2D eigenvalue weighted by Crippen LogP contribution is 2.25. The van der Waals surface area contributed by atoms with Crippen molar-refractivity contribution in [3.8, 4) is 11.8 Å². The largest absolute Gasteiger partial charge is 0.433 e. The van der Waals surface area contributed by atoms with E-state index in [2.05, 4.69) is 9.72 Å². The Morgan fingerprint density at radius 3 is 2.80 bits per heavy atom. The second-order valence-corrected chi connectivity index (χ2v) is 2.26. The molecule has 0 saturated carbocycles. The van der Waals surface area contributed by atoms with Crippen molar-refractivity contribution in [2.45, 2.75) is 6.61 Å². The van der Waals surface area contributed by atoms with E-state index in [4.69, 9.17) is 5.26 Å². The van der Waals surface area contributed by atoms with E-state index in [9.17, 15) is 18.9 Å². The van der Waals surface area contributed by atoms with Gasteiger partial charge in [-0.25, -0.2) is 0 Å². The molecule has 0 aliphatic carbocycles. The molecular formula is C7H3F2N3O3. The summed E-state index contributed by atoms with van der Waals surface area (Å²) in [6.07, 6.45) is 0.913. The fourth-order valence-corrected chi connectivity index (χ4v) is 0.871. The van der Waals surface area contributed by atoms with Crippen LogP contribution in [0.4, 0.5) is 14.6 Å². The summed E-state index contributed by atoms with van der Waals surface area (Å²) in [6.45, 7) is -3.15. The van der Waals surface area contributed by atoms with Crippen molar-refractivity contribution < 1.29 is 18.4 Å². The Labute approximate surface area is 81.9 Å². The molecule has 0 aliphatic rings. The van der Waals surface area contributed by atoms with E-state index in [1.807, 2.05) is 0 Å². The summed E-state index contributed by atoms with van der Waals surface area (Å²) in [6, 6.07) is 2.34. The molecule has 0 aromatic carbocycles. The van der Waals surface area contributed by atoms with E-state index in [-0.39, 0.29) is 0 Å². The van der Waals surface area contributed by atoms with E-state index >= 15 is 0 Å². The molecule has 0 spiro atoms. The average Bonchev–Trinajstić information content (AvgIpc) is 2.16. The lowest BCUT2D eigenvalue weighted by molar-refractivity contribution is -0.389. The van der Waals surface area contributed by atoms with Crippen LogP contribution in [0, 0.1) is 21.4 Å². The van der Waals surface area contributed by atoms with Gasteiger partial charge in [0.25, 0.3) is 0 Å². The summed E-state index contributed by atoms with van der Waals surface area (Å²) in [5.74, 6) is -1.37. The summed E-state index contributed by atoms with van der Waals surface area (Å²) >= 11 is 0. The van der Waals surface area contributed by atoms with Gasteiger partial charge in [0.15, 0.2) is 11.3 Å². The van der Waals surface area contributed by atoms with Gasteiger partial charge in [0.1, 0.15) is 12.3 Å². The molecule has 0 saturated heterocycles. The number of rotatable bonds is 3. The molecule has 0 fully saturated rings. The van der Waals surface area contributed by atoms with Crippen LogP contribution in [0.3, 0.4) is 0 Å². The molecule has 1 aromatic heterocycles. The lowest BCUT2D eigenvalue weighted by Crippen LogP contribution is -2.05. The lowest BCUT2D eigenvalue weighted by Gasteiger charge is -2.04. The zero-order valence-corrected chi connectivity index (χ0v) is 7.05. The lowest BCUT2D eigenvalue weighted by atomic mass is 10.2. The Morgan fingerprint density at radius 1 is 1.67 bits per heavy atom. The van der Waals surface area contributed by atoms with Gasteiger partial charge >= 0.3 is 12.4 Å². The maximum Gasteiger partial charge on any atom is 0.387 e. The summed E-state index contributed by atoms with van der Waals surface area (Å²) in [5, 5.41) is 18.9. The smallest absolute Gasteiger partial charge is 0.387 e. The highest BCUT2D eigenvalue weighted by atomic mass is 19.3. The highest BCUT2D eigenvalue weighted by molar-refractivity contribution is 5.52. The minimum atomic E-state index is -3.15. The molecule has 0 aliphatic heterocycles. The van der Waals surface area contributed by atoms with Crippen molar-refractivity contribution in [2.24, 2.45) is 0 Å². The number of nitro groups is 1. The van der Waals surface area contributed by atoms with Gasteiger partial charge in [-0.2, -0.15) is 14.0 Å². The first-order chi connectivity index (χ1) is 7.06.